The molecule has 11 heteroatoms. The van der Waals surface area contributed by atoms with Gasteiger partial charge in [-0.25, -0.2) is 18.4 Å². The van der Waals surface area contributed by atoms with Gasteiger partial charge < -0.3 is 10.6 Å². The first kappa shape index (κ1) is 20.6. The largest absolute Gasteiger partial charge is 0.324 e. The molecular formula is C21H19N7O2S2. The lowest BCUT2D eigenvalue weighted by molar-refractivity contribution is 0.160. The van der Waals surface area contributed by atoms with Crippen molar-refractivity contribution in [1.82, 2.24) is 25.1 Å². The number of fused-ring (bicyclic) bond motifs is 1. The van der Waals surface area contributed by atoms with E-state index in [2.05, 4.69) is 26.8 Å². The second kappa shape index (κ2) is 7.67. The average Bonchev–Trinajstić information content (AvgIpc) is 3.40. The van der Waals surface area contributed by atoms with Crippen LogP contribution in [-0.2, 0) is 15.4 Å². The maximum absolute atomic E-state index is 11.7. The summed E-state index contributed by atoms with van der Waals surface area (Å²) in [6.45, 7) is 1.41. The van der Waals surface area contributed by atoms with E-state index < -0.39 is 9.84 Å². The second-order valence-electron chi connectivity index (χ2n) is 7.79. The lowest BCUT2D eigenvalue weighted by atomic mass is 9.89. The van der Waals surface area contributed by atoms with Crippen molar-refractivity contribution in [2.24, 2.45) is 0 Å². The minimum atomic E-state index is -3.26. The summed E-state index contributed by atoms with van der Waals surface area (Å²) in [4.78, 5) is 9.57. The van der Waals surface area contributed by atoms with Crippen LogP contribution in [-0.4, -0.2) is 47.5 Å². The van der Waals surface area contributed by atoms with Crippen molar-refractivity contribution in [2.45, 2.75) is 16.9 Å². The van der Waals surface area contributed by atoms with Gasteiger partial charge in [-0.05, 0) is 35.7 Å². The second-order valence-corrected chi connectivity index (χ2v) is 10.7. The molecule has 1 fully saturated rings. The monoisotopic (exact) mass is 465 g/mol. The summed E-state index contributed by atoms with van der Waals surface area (Å²) in [7, 11) is -3.26. The summed E-state index contributed by atoms with van der Waals surface area (Å²) in [6, 6.07) is 10.7. The molecule has 0 aliphatic carbocycles. The van der Waals surface area contributed by atoms with Gasteiger partial charge >= 0.3 is 0 Å². The van der Waals surface area contributed by atoms with Crippen LogP contribution in [0.4, 0.5) is 11.6 Å². The lowest BCUT2D eigenvalue weighted by Gasteiger charge is -2.41. The van der Waals surface area contributed by atoms with Crippen LogP contribution in [0.2, 0.25) is 0 Å². The van der Waals surface area contributed by atoms with Gasteiger partial charge in [0.05, 0.1) is 39.5 Å². The van der Waals surface area contributed by atoms with E-state index in [0.717, 1.165) is 21.5 Å². The van der Waals surface area contributed by atoms with Gasteiger partial charge in [0.25, 0.3) is 0 Å². The number of nitrogens with zero attached hydrogens (tertiary/aromatic N) is 5. The normalized spacial score (nSPS) is 15.2. The van der Waals surface area contributed by atoms with E-state index in [9.17, 15) is 13.7 Å². The molecule has 4 heterocycles. The van der Waals surface area contributed by atoms with Crippen molar-refractivity contribution in [3.63, 3.8) is 0 Å². The third kappa shape index (κ3) is 3.62. The van der Waals surface area contributed by atoms with Crippen LogP contribution in [0.5, 0.6) is 0 Å². The van der Waals surface area contributed by atoms with E-state index in [0.29, 0.717) is 31.1 Å². The Morgan fingerprint density at radius 3 is 2.69 bits per heavy atom. The summed E-state index contributed by atoms with van der Waals surface area (Å²) >= 11 is 1.55. The third-order valence-corrected chi connectivity index (χ3v) is 7.54. The standard InChI is InChI=1S/C21H19N7O2S2/c1-32(29,30)16-4-2-15(3-5-16)25-20-26-17-6-9-31-19(17)18(27-20)14-10-24-28(11-14)21(7-8-22)12-23-13-21/h2-6,9-11,23H,7,12-13H2,1H3,(H,25,26,27). The van der Waals surface area contributed by atoms with Gasteiger partial charge in [-0.2, -0.15) is 10.4 Å². The molecule has 9 nitrogen and oxygen atoms in total. The van der Waals surface area contributed by atoms with E-state index >= 15 is 0 Å². The highest BCUT2D eigenvalue weighted by molar-refractivity contribution is 7.90. The molecule has 0 unspecified atom stereocenters. The van der Waals surface area contributed by atoms with Gasteiger partial charge in [-0.1, -0.05) is 0 Å². The Bertz CT molecular complexity index is 1450. The zero-order valence-corrected chi connectivity index (χ0v) is 18.7. The van der Waals surface area contributed by atoms with Crippen molar-refractivity contribution < 1.29 is 8.42 Å². The summed E-state index contributed by atoms with van der Waals surface area (Å²) in [5, 5.41) is 22.1. The smallest absolute Gasteiger partial charge is 0.228 e. The van der Waals surface area contributed by atoms with E-state index in [1.54, 1.807) is 41.8 Å². The molecule has 0 amide bonds. The van der Waals surface area contributed by atoms with Crippen molar-refractivity contribution in [2.75, 3.05) is 24.7 Å². The Morgan fingerprint density at radius 2 is 2.03 bits per heavy atom. The number of nitriles is 1. The van der Waals surface area contributed by atoms with Gasteiger partial charge in [-0.3, -0.25) is 4.68 Å². The minimum absolute atomic E-state index is 0.252. The van der Waals surface area contributed by atoms with Crippen LogP contribution >= 0.6 is 11.3 Å². The molecule has 0 spiro atoms. The number of nitrogens with one attached hydrogen (secondary N) is 2. The Labute approximate surface area is 188 Å². The Hall–Kier alpha value is -3.33. The fourth-order valence-electron chi connectivity index (χ4n) is 3.66. The zero-order valence-electron chi connectivity index (χ0n) is 17.1. The zero-order chi connectivity index (χ0) is 22.3. The number of aromatic nitrogens is 4. The van der Waals surface area contributed by atoms with Crippen LogP contribution < -0.4 is 10.6 Å². The number of anilines is 2. The summed E-state index contributed by atoms with van der Waals surface area (Å²) in [6.07, 6.45) is 5.26. The molecule has 4 aromatic rings. The van der Waals surface area contributed by atoms with Crippen molar-refractivity contribution in [3.8, 4) is 17.3 Å². The molecule has 1 saturated heterocycles. The van der Waals surface area contributed by atoms with E-state index in [4.69, 9.17) is 4.98 Å². The van der Waals surface area contributed by atoms with E-state index in [1.165, 1.54) is 6.26 Å². The number of benzene rings is 1. The molecule has 1 aliphatic heterocycles. The minimum Gasteiger partial charge on any atom is -0.324 e. The molecule has 5 rings (SSSR count). The SMILES string of the molecule is CS(=O)(=O)c1ccc(Nc2nc(-c3cnn(C4(CC#N)CNC4)c3)c3sccc3n2)cc1. The molecule has 1 aliphatic rings. The molecule has 0 saturated carbocycles. The van der Waals surface area contributed by atoms with Gasteiger partial charge in [-0.15, -0.1) is 11.3 Å². The van der Waals surface area contributed by atoms with Gasteiger partial charge in [0.15, 0.2) is 9.84 Å². The van der Waals surface area contributed by atoms with Crippen LogP contribution in [0.3, 0.4) is 0 Å². The molecule has 0 bridgehead atoms. The maximum atomic E-state index is 11.7. The highest BCUT2D eigenvalue weighted by Gasteiger charge is 2.39. The quantitative estimate of drug-likeness (QED) is 0.445. The summed E-state index contributed by atoms with van der Waals surface area (Å²) in [5.41, 5.74) is 2.77. The molecule has 0 radical (unpaired) electrons. The van der Waals surface area contributed by atoms with Crippen molar-refractivity contribution in [1.29, 1.82) is 5.26 Å². The third-order valence-electron chi connectivity index (χ3n) is 5.50. The predicted molar refractivity (Wildman–Crippen MR) is 123 cm³/mol. The number of sulfone groups is 1. The topological polar surface area (TPSA) is 126 Å². The first-order chi connectivity index (χ1) is 15.4. The van der Waals surface area contributed by atoms with Crippen molar-refractivity contribution >= 4 is 43.0 Å². The molecular weight excluding hydrogens is 446 g/mol. The summed E-state index contributed by atoms with van der Waals surface area (Å²) < 4.78 is 26.2. The first-order valence-corrected chi connectivity index (χ1v) is 12.6. The molecule has 162 valence electrons. The summed E-state index contributed by atoms with van der Waals surface area (Å²) in [5.74, 6) is 0.405. The van der Waals surface area contributed by atoms with Crippen molar-refractivity contribution in [3.05, 3.63) is 48.1 Å². The van der Waals surface area contributed by atoms with Gasteiger partial charge in [0.2, 0.25) is 5.95 Å². The van der Waals surface area contributed by atoms with Gasteiger partial charge in [0.1, 0.15) is 5.54 Å². The molecule has 2 N–H and O–H groups in total. The fourth-order valence-corrected chi connectivity index (χ4v) is 5.14. The Kier molecular flexibility index (Phi) is 4.93. The van der Waals surface area contributed by atoms with Crippen LogP contribution in [0.25, 0.3) is 21.5 Å². The van der Waals surface area contributed by atoms with Crippen LogP contribution in [0.1, 0.15) is 6.42 Å². The lowest BCUT2D eigenvalue weighted by Crippen LogP contribution is -2.60. The molecule has 1 aromatic carbocycles. The Balaban J connectivity index is 1.50. The maximum Gasteiger partial charge on any atom is 0.228 e. The van der Waals surface area contributed by atoms with E-state index in [1.807, 2.05) is 22.3 Å². The number of hydrogen-bond acceptors (Lipinski definition) is 9. The number of thiophene rings is 1. The average molecular weight is 466 g/mol. The molecule has 0 atom stereocenters. The molecule has 3 aromatic heterocycles. The van der Waals surface area contributed by atoms with Crippen LogP contribution in [0.15, 0.2) is 53.0 Å². The number of rotatable bonds is 6. The Morgan fingerprint density at radius 1 is 1.25 bits per heavy atom. The highest BCUT2D eigenvalue weighted by atomic mass is 32.2. The van der Waals surface area contributed by atoms with Gasteiger partial charge in [0, 0.05) is 36.8 Å². The van der Waals surface area contributed by atoms with Crippen LogP contribution in [0, 0.1) is 11.3 Å². The highest BCUT2D eigenvalue weighted by Crippen LogP contribution is 2.33. The molecule has 32 heavy (non-hydrogen) atoms. The first-order valence-electron chi connectivity index (χ1n) is 9.84. The predicted octanol–water partition coefficient (Wildman–Crippen LogP) is 2.91. The number of hydrogen-bond donors (Lipinski definition) is 2. The fraction of sp³-hybridized carbons (Fsp3) is 0.238. The van der Waals surface area contributed by atoms with E-state index in [-0.39, 0.29) is 10.4 Å².